The number of rotatable bonds is 2. The van der Waals surface area contributed by atoms with Gasteiger partial charge in [-0.2, -0.15) is 5.10 Å². The maximum atomic E-state index is 4.85. The molecular formula is C15H21N3. The topological polar surface area (TPSA) is 41.6 Å². The van der Waals surface area contributed by atoms with Gasteiger partial charge in [0.15, 0.2) is 5.82 Å². The molecule has 96 valence electrons. The first kappa shape index (κ1) is 9.99. The lowest BCUT2D eigenvalue weighted by Gasteiger charge is -2.53. The summed E-state index contributed by atoms with van der Waals surface area (Å²) in [6, 6.07) is 0. The third-order valence-corrected chi connectivity index (χ3v) is 6.00. The van der Waals surface area contributed by atoms with Crippen LogP contribution in [0.1, 0.15) is 68.4 Å². The number of hydrogen-bond acceptors (Lipinski definition) is 2. The van der Waals surface area contributed by atoms with Gasteiger partial charge in [0.25, 0.3) is 0 Å². The van der Waals surface area contributed by atoms with E-state index >= 15 is 0 Å². The predicted octanol–water partition coefficient (Wildman–Crippen LogP) is 3.22. The Morgan fingerprint density at radius 2 is 1.56 bits per heavy atom. The third-order valence-electron chi connectivity index (χ3n) is 6.00. The van der Waals surface area contributed by atoms with Crippen molar-refractivity contribution in [3.05, 3.63) is 11.6 Å². The molecule has 6 rings (SSSR count). The first-order valence-corrected chi connectivity index (χ1v) is 7.79. The molecule has 0 aromatic carbocycles. The molecule has 5 aliphatic carbocycles. The fraction of sp³-hybridized carbons (Fsp3) is 0.867. The van der Waals surface area contributed by atoms with Crippen LogP contribution in [-0.2, 0) is 0 Å². The Kier molecular flexibility index (Phi) is 1.87. The Morgan fingerprint density at radius 3 is 2.17 bits per heavy atom. The molecule has 5 aliphatic rings. The van der Waals surface area contributed by atoms with E-state index in [2.05, 4.69) is 10.2 Å². The van der Waals surface area contributed by atoms with Gasteiger partial charge in [-0.1, -0.05) is 0 Å². The van der Waals surface area contributed by atoms with Gasteiger partial charge in [-0.15, -0.1) is 0 Å². The molecule has 0 saturated heterocycles. The molecule has 3 heteroatoms. The van der Waals surface area contributed by atoms with Crippen LogP contribution in [0.4, 0.5) is 0 Å². The fourth-order valence-electron chi connectivity index (χ4n) is 5.33. The molecular weight excluding hydrogens is 222 g/mol. The van der Waals surface area contributed by atoms with E-state index in [1.54, 1.807) is 0 Å². The van der Waals surface area contributed by atoms with Gasteiger partial charge in [0.2, 0.25) is 0 Å². The van der Waals surface area contributed by atoms with Crippen LogP contribution in [0.2, 0.25) is 0 Å². The van der Waals surface area contributed by atoms with Crippen molar-refractivity contribution in [3.63, 3.8) is 0 Å². The monoisotopic (exact) mass is 243 g/mol. The molecule has 1 heterocycles. The van der Waals surface area contributed by atoms with Crippen LogP contribution < -0.4 is 0 Å². The average molecular weight is 243 g/mol. The Labute approximate surface area is 108 Å². The van der Waals surface area contributed by atoms with Crippen molar-refractivity contribution in [3.8, 4) is 0 Å². The SMILES string of the molecule is C1C2CC3CC1CC(C2)C3c1nc(C2CC2)n[nH]1. The molecule has 0 atom stereocenters. The fourth-order valence-corrected chi connectivity index (χ4v) is 5.33. The summed E-state index contributed by atoms with van der Waals surface area (Å²) in [4.78, 5) is 4.85. The molecule has 5 saturated carbocycles. The minimum atomic E-state index is 0.687. The molecule has 0 radical (unpaired) electrons. The number of nitrogens with one attached hydrogen (secondary N) is 1. The average Bonchev–Trinajstić information content (AvgIpc) is 3.08. The normalized spacial score (nSPS) is 45.7. The lowest BCUT2D eigenvalue weighted by Crippen LogP contribution is -2.44. The van der Waals surface area contributed by atoms with Crippen molar-refractivity contribution in [1.82, 2.24) is 15.2 Å². The van der Waals surface area contributed by atoms with Crippen molar-refractivity contribution >= 4 is 0 Å². The van der Waals surface area contributed by atoms with Crippen LogP contribution in [0.5, 0.6) is 0 Å². The van der Waals surface area contributed by atoms with Gasteiger partial charge in [-0.05, 0) is 68.6 Å². The summed E-state index contributed by atoms with van der Waals surface area (Å²) < 4.78 is 0. The second-order valence-electron chi connectivity index (χ2n) is 7.31. The van der Waals surface area contributed by atoms with Gasteiger partial charge in [-0.25, -0.2) is 4.98 Å². The number of aromatic nitrogens is 3. The van der Waals surface area contributed by atoms with Gasteiger partial charge >= 0.3 is 0 Å². The summed E-state index contributed by atoms with van der Waals surface area (Å²) in [5.74, 6) is 7.70. The van der Waals surface area contributed by atoms with Gasteiger partial charge in [-0.3, -0.25) is 5.10 Å². The van der Waals surface area contributed by atoms with Crippen LogP contribution >= 0.6 is 0 Å². The van der Waals surface area contributed by atoms with Gasteiger partial charge in [0.05, 0.1) is 0 Å². The molecule has 5 fully saturated rings. The number of H-pyrrole nitrogens is 1. The van der Waals surface area contributed by atoms with Gasteiger partial charge < -0.3 is 0 Å². The minimum absolute atomic E-state index is 0.687. The van der Waals surface area contributed by atoms with Crippen molar-refractivity contribution in [2.45, 2.75) is 56.8 Å². The van der Waals surface area contributed by atoms with Crippen molar-refractivity contribution < 1.29 is 0 Å². The first-order valence-electron chi connectivity index (χ1n) is 7.79. The maximum absolute atomic E-state index is 4.85. The molecule has 0 amide bonds. The van der Waals surface area contributed by atoms with Crippen molar-refractivity contribution in [1.29, 1.82) is 0 Å². The van der Waals surface area contributed by atoms with E-state index in [1.807, 2.05) is 0 Å². The molecule has 0 spiro atoms. The molecule has 4 bridgehead atoms. The van der Waals surface area contributed by atoms with Crippen LogP contribution in [0, 0.1) is 23.7 Å². The minimum Gasteiger partial charge on any atom is -0.263 e. The van der Waals surface area contributed by atoms with Crippen LogP contribution in [0.25, 0.3) is 0 Å². The van der Waals surface area contributed by atoms with E-state index in [0.717, 1.165) is 35.4 Å². The standard InChI is InChI=1S/C15H21N3/c1-2-10(1)14-16-15(18-17-14)13-11-4-8-3-9(6-11)7-12(13)5-8/h8-13H,1-7H2,(H,16,17,18). The second kappa shape index (κ2) is 3.37. The Morgan fingerprint density at radius 1 is 0.889 bits per heavy atom. The van der Waals surface area contributed by atoms with E-state index in [-0.39, 0.29) is 0 Å². The molecule has 1 N–H and O–H groups in total. The van der Waals surface area contributed by atoms with Crippen LogP contribution in [0.15, 0.2) is 0 Å². The van der Waals surface area contributed by atoms with Crippen LogP contribution in [0.3, 0.4) is 0 Å². The van der Waals surface area contributed by atoms with E-state index in [9.17, 15) is 0 Å². The smallest absolute Gasteiger partial charge is 0.153 e. The molecule has 1 aromatic rings. The Bertz CT molecular complexity index is 446. The molecule has 3 nitrogen and oxygen atoms in total. The number of aromatic amines is 1. The lowest BCUT2D eigenvalue weighted by atomic mass is 9.52. The van der Waals surface area contributed by atoms with Gasteiger partial charge in [0, 0.05) is 11.8 Å². The summed E-state index contributed by atoms with van der Waals surface area (Å²) in [6.45, 7) is 0. The molecule has 18 heavy (non-hydrogen) atoms. The first-order chi connectivity index (χ1) is 8.87. The van der Waals surface area contributed by atoms with E-state index in [1.165, 1.54) is 50.8 Å². The summed E-state index contributed by atoms with van der Waals surface area (Å²) in [6.07, 6.45) is 10.0. The predicted molar refractivity (Wildman–Crippen MR) is 68.1 cm³/mol. The van der Waals surface area contributed by atoms with E-state index in [4.69, 9.17) is 4.98 Å². The zero-order chi connectivity index (χ0) is 11.7. The van der Waals surface area contributed by atoms with Crippen molar-refractivity contribution in [2.24, 2.45) is 23.7 Å². The lowest BCUT2D eigenvalue weighted by molar-refractivity contribution is -0.00555. The van der Waals surface area contributed by atoms with E-state index < -0.39 is 0 Å². The zero-order valence-corrected chi connectivity index (χ0v) is 10.8. The second-order valence-corrected chi connectivity index (χ2v) is 7.31. The highest BCUT2D eigenvalue weighted by atomic mass is 15.2. The van der Waals surface area contributed by atoms with Gasteiger partial charge in [0.1, 0.15) is 5.82 Å². The molecule has 0 unspecified atom stereocenters. The molecule has 0 aliphatic heterocycles. The number of hydrogen-bond donors (Lipinski definition) is 1. The maximum Gasteiger partial charge on any atom is 0.153 e. The largest absolute Gasteiger partial charge is 0.263 e. The Hall–Kier alpha value is -0.860. The highest BCUT2D eigenvalue weighted by molar-refractivity contribution is 5.13. The van der Waals surface area contributed by atoms with E-state index in [0.29, 0.717) is 5.92 Å². The van der Waals surface area contributed by atoms with Crippen molar-refractivity contribution in [2.75, 3.05) is 0 Å². The zero-order valence-electron chi connectivity index (χ0n) is 10.8. The number of nitrogens with zero attached hydrogens (tertiary/aromatic N) is 2. The summed E-state index contributed by atoms with van der Waals surface area (Å²) in [5.41, 5.74) is 0. The third kappa shape index (κ3) is 1.36. The highest BCUT2D eigenvalue weighted by Crippen LogP contribution is 2.59. The molecule has 1 aromatic heterocycles. The summed E-state index contributed by atoms with van der Waals surface area (Å²) >= 11 is 0. The Balaban J connectivity index is 1.48. The highest BCUT2D eigenvalue weighted by Gasteiger charge is 2.49. The summed E-state index contributed by atoms with van der Waals surface area (Å²) in [7, 11) is 0. The quantitative estimate of drug-likeness (QED) is 0.866. The van der Waals surface area contributed by atoms with Crippen LogP contribution in [-0.4, -0.2) is 15.2 Å². The summed E-state index contributed by atoms with van der Waals surface area (Å²) in [5, 5.41) is 7.77.